The smallest absolute Gasteiger partial charge is 0.412 e. The van der Waals surface area contributed by atoms with Gasteiger partial charge in [0.15, 0.2) is 0 Å². The van der Waals surface area contributed by atoms with Crippen LogP contribution in [0.3, 0.4) is 0 Å². The zero-order chi connectivity index (χ0) is 15.3. The number of aliphatic hydroxyl groups excluding tert-OH is 1. The van der Waals surface area contributed by atoms with Gasteiger partial charge in [-0.05, 0) is 32.9 Å². The Morgan fingerprint density at radius 2 is 1.95 bits per heavy atom. The van der Waals surface area contributed by atoms with Gasteiger partial charge in [-0.2, -0.15) is 0 Å². The molecule has 0 bridgehead atoms. The zero-order valence-electron chi connectivity index (χ0n) is 12.1. The highest BCUT2D eigenvalue weighted by Crippen LogP contribution is 2.19. The molecule has 1 rings (SSSR count). The Morgan fingerprint density at radius 3 is 2.45 bits per heavy atom. The van der Waals surface area contributed by atoms with Gasteiger partial charge in [0.25, 0.3) is 5.91 Å². The lowest BCUT2D eigenvalue weighted by atomic mass is 10.1. The van der Waals surface area contributed by atoms with Crippen LogP contribution < -0.4 is 10.6 Å². The van der Waals surface area contributed by atoms with E-state index in [0.29, 0.717) is 16.8 Å². The Kier molecular flexibility index (Phi) is 5.10. The van der Waals surface area contributed by atoms with Crippen molar-refractivity contribution in [3.05, 3.63) is 29.3 Å². The molecule has 6 heteroatoms. The van der Waals surface area contributed by atoms with Gasteiger partial charge in [0.05, 0.1) is 12.3 Å². The molecule has 0 atom stereocenters. The van der Waals surface area contributed by atoms with Crippen molar-refractivity contribution >= 4 is 17.7 Å². The van der Waals surface area contributed by atoms with E-state index in [1.807, 2.05) is 0 Å². The number of carbonyl (C=O) groups excluding carboxylic acids is 2. The summed E-state index contributed by atoms with van der Waals surface area (Å²) in [4.78, 5) is 23.3. The first-order valence-electron chi connectivity index (χ1n) is 6.22. The topological polar surface area (TPSA) is 87.7 Å². The first-order chi connectivity index (χ1) is 9.26. The van der Waals surface area contributed by atoms with Gasteiger partial charge in [-0.3, -0.25) is 10.1 Å². The molecule has 0 heterocycles. The van der Waals surface area contributed by atoms with Crippen LogP contribution in [0.25, 0.3) is 0 Å². The number of nitrogens with one attached hydrogen (secondary N) is 2. The predicted octanol–water partition coefficient (Wildman–Crippen LogP) is 1.89. The maximum absolute atomic E-state index is 11.7. The third-order valence-electron chi connectivity index (χ3n) is 2.41. The van der Waals surface area contributed by atoms with Gasteiger partial charge in [0.1, 0.15) is 5.60 Å². The van der Waals surface area contributed by atoms with Gasteiger partial charge in [0, 0.05) is 18.2 Å². The zero-order valence-corrected chi connectivity index (χ0v) is 12.1. The number of anilines is 1. The molecule has 0 radical (unpaired) electrons. The molecule has 6 nitrogen and oxygen atoms in total. The Labute approximate surface area is 118 Å². The molecule has 0 aliphatic carbocycles. The van der Waals surface area contributed by atoms with E-state index in [-0.39, 0.29) is 12.5 Å². The summed E-state index contributed by atoms with van der Waals surface area (Å²) in [6.07, 6.45) is -0.638. The summed E-state index contributed by atoms with van der Waals surface area (Å²) in [6.45, 7) is 5.00. The van der Waals surface area contributed by atoms with E-state index >= 15 is 0 Å². The van der Waals surface area contributed by atoms with Crippen molar-refractivity contribution in [2.24, 2.45) is 0 Å². The van der Waals surface area contributed by atoms with Crippen LogP contribution in [0.15, 0.2) is 18.2 Å². The summed E-state index contributed by atoms with van der Waals surface area (Å²) in [5.74, 6) is -0.276. The van der Waals surface area contributed by atoms with Crippen molar-refractivity contribution < 1.29 is 19.4 Å². The number of benzene rings is 1. The fraction of sp³-hybridized carbons (Fsp3) is 0.429. The quantitative estimate of drug-likeness (QED) is 0.789. The van der Waals surface area contributed by atoms with Crippen molar-refractivity contribution in [1.29, 1.82) is 0 Å². The number of amides is 2. The van der Waals surface area contributed by atoms with Gasteiger partial charge < -0.3 is 15.2 Å². The van der Waals surface area contributed by atoms with E-state index < -0.39 is 11.7 Å². The Hall–Kier alpha value is -2.08. The highest BCUT2D eigenvalue weighted by molar-refractivity contribution is 5.96. The van der Waals surface area contributed by atoms with Gasteiger partial charge in [-0.25, -0.2) is 4.79 Å². The fourth-order valence-corrected chi connectivity index (χ4v) is 1.53. The van der Waals surface area contributed by atoms with Crippen LogP contribution in [-0.2, 0) is 11.3 Å². The number of carbonyl (C=O) groups is 2. The summed E-state index contributed by atoms with van der Waals surface area (Å²) in [5.41, 5.74) is 0.615. The summed E-state index contributed by atoms with van der Waals surface area (Å²) < 4.78 is 5.14. The maximum atomic E-state index is 11.7. The summed E-state index contributed by atoms with van der Waals surface area (Å²) in [6, 6.07) is 4.65. The van der Waals surface area contributed by atoms with E-state index in [2.05, 4.69) is 10.6 Å². The van der Waals surface area contributed by atoms with Crippen molar-refractivity contribution in [2.75, 3.05) is 12.4 Å². The monoisotopic (exact) mass is 280 g/mol. The molecule has 0 saturated heterocycles. The van der Waals surface area contributed by atoms with Gasteiger partial charge in [0.2, 0.25) is 0 Å². The molecule has 0 unspecified atom stereocenters. The average molecular weight is 280 g/mol. The molecule has 2 amide bonds. The van der Waals surface area contributed by atoms with Crippen molar-refractivity contribution in [2.45, 2.75) is 33.0 Å². The highest BCUT2D eigenvalue weighted by atomic mass is 16.6. The molecule has 0 aliphatic rings. The molecule has 0 fully saturated rings. The van der Waals surface area contributed by atoms with Crippen LogP contribution in [0.4, 0.5) is 10.5 Å². The molecular formula is C14H20N2O4. The van der Waals surface area contributed by atoms with Gasteiger partial charge in [-0.1, -0.05) is 6.07 Å². The molecule has 0 aliphatic heterocycles. The number of hydrogen-bond donors (Lipinski definition) is 3. The van der Waals surface area contributed by atoms with Gasteiger partial charge >= 0.3 is 6.09 Å². The summed E-state index contributed by atoms with van der Waals surface area (Å²) in [7, 11) is 1.52. The number of hydrogen-bond acceptors (Lipinski definition) is 4. The lowest BCUT2D eigenvalue weighted by Crippen LogP contribution is -2.27. The Balaban J connectivity index is 2.97. The second-order valence-corrected chi connectivity index (χ2v) is 5.24. The first kappa shape index (κ1) is 16.0. The van der Waals surface area contributed by atoms with E-state index in [0.717, 1.165) is 0 Å². The molecule has 0 spiro atoms. The third-order valence-corrected chi connectivity index (χ3v) is 2.41. The van der Waals surface area contributed by atoms with Crippen LogP contribution in [0.1, 0.15) is 36.7 Å². The second-order valence-electron chi connectivity index (χ2n) is 5.24. The molecule has 1 aromatic rings. The van der Waals surface area contributed by atoms with Crippen molar-refractivity contribution in [3.63, 3.8) is 0 Å². The van der Waals surface area contributed by atoms with Crippen molar-refractivity contribution in [1.82, 2.24) is 5.32 Å². The average Bonchev–Trinajstić information content (AvgIpc) is 2.35. The fourth-order valence-electron chi connectivity index (χ4n) is 1.53. The lowest BCUT2D eigenvalue weighted by Gasteiger charge is -2.20. The van der Waals surface area contributed by atoms with Crippen LogP contribution in [-0.4, -0.2) is 29.8 Å². The lowest BCUT2D eigenvalue weighted by molar-refractivity contribution is 0.0635. The highest BCUT2D eigenvalue weighted by Gasteiger charge is 2.17. The molecule has 3 N–H and O–H groups in total. The molecule has 110 valence electrons. The minimum absolute atomic E-state index is 0.251. The van der Waals surface area contributed by atoms with Crippen molar-refractivity contribution in [3.8, 4) is 0 Å². The SMILES string of the molecule is CNC(=O)c1ccc(CO)c(NC(=O)OC(C)(C)C)c1. The summed E-state index contributed by atoms with van der Waals surface area (Å²) in [5, 5.41) is 14.3. The standard InChI is InChI=1S/C14H20N2O4/c1-14(2,3)20-13(19)16-11-7-9(12(18)15-4)5-6-10(11)8-17/h5-7,17H,8H2,1-4H3,(H,15,18)(H,16,19). The van der Waals surface area contributed by atoms with E-state index in [1.165, 1.54) is 13.1 Å². The molecule has 0 saturated carbocycles. The normalized spacial score (nSPS) is 10.8. The molecule has 20 heavy (non-hydrogen) atoms. The second kappa shape index (κ2) is 6.38. The Bertz CT molecular complexity index is 506. The van der Waals surface area contributed by atoms with Gasteiger partial charge in [-0.15, -0.1) is 0 Å². The number of rotatable bonds is 3. The minimum atomic E-state index is -0.638. The van der Waals surface area contributed by atoms with E-state index in [4.69, 9.17) is 4.74 Å². The van der Waals surface area contributed by atoms with Crippen LogP contribution in [0.2, 0.25) is 0 Å². The Morgan fingerprint density at radius 1 is 1.30 bits per heavy atom. The maximum Gasteiger partial charge on any atom is 0.412 e. The number of ether oxygens (including phenoxy) is 1. The number of aliphatic hydroxyl groups is 1. The third kappa shape index (κ3) is 4.55. The van der Waals surface area contributed by atoms with Crippen LogP contribution in [0, 0.1) is 0 Å². The molecular weight excluding hydrogens is 260 g/mol. The van der Waals surface area contributed by atoms with Crippen LogP contribution in [0.5, 0.6) is 0 Å². The van der Waals surface area contributed by atoms with E-state index in [1.54, 1.807) is 32.9 Å². The first-order valence-corrected chi connectivity index (χ1v) is 6.22. The van der Waals surface area contributed by atoms with E-state index in [9.17, 15) is 14.7 Å². The molecule has 1 aromatic carbocycles. The summed E-state index contributed by atoms with van der Waals surface area (Å²) >= 11 is 0. The largest absolute Gasteiger partial charge is 0.444 e. The predicted molar refractivity (Wildman–Crippen MR) is 75.6 cm³/mol. The van der Waals surface area contributed by atoms with Crippen LogP contribution >= 0.6 is 0 Å². The minimum Gasteiger partial charge on any atom is -0.444 e. The molecule has 0 aromatic heterocycles.